The monoisotopic (exact) mass is 501 g/mol. The van der Waals surface area contributed by atoms with Gasteiger partial charge in [0, 0.05) is 37.1 Å². The Labute approximate surface area is 171 Å². The van der Waals surface area contributed by atoms with Gasteiger partial charge in [-0.2, -0.15) is 0 Å². The molecule has 0 atom stereocenters. The minimum atomic E-state index is -3.62. The number of likely N-dealkylation sites (tertiary alicyclic amines) is 1. The topological polar surface area (TPSA) is 99.8 Å². The van der Waals surface area contributed by atoms with E-state index in [0.29, 0.717) is 18.6 Å². The zero-order chi connectivity index (χ0) is 17.7. The molecule has 7 nitrogen and oxygen atoms in total. The molecular formula is C15H28IN5O2S2. The van der Waals surface area contributed by atoms with E-state index in [0.717, 1.165) is 36.8 Å². The summed E-state index contributed by atoms with van der Waals surface area (Å²) < 4.78 is 22.8. The number of hydrogen-bond donors (Lipinski definition) is 3. The summed E-state index contributed by atoms with van der Waals surface area (Å²) in [5, 5.41) is 11.8. The number of nitrogens with one attached hydrogen (secondary N) is 2. The van der Waals surface area contributed by atoms with Crippen LogP contribution in [-0.4, -0.2) is 51.5 Å². The molecule has 144 valence electrons. The maximum atomic E-state index is 11.3. The maximum Gasteiger partial charge on any atom is 0.247 e. The first-order valence-corrected chi connectivity index (χ1v) is 10.5. The van der Waals surface area contributed by atoms with Gasteiger partial charge in [0.1, 0.15) is 4.21 Å². The number of nitrogens with zero attached hydrogens (tertiary/aromatic N) is 2. The summed E-state index contributed by atoms with van der Waals surface area (Å²) in [6.45, 7) is 7.16. The molecular weight excluding hydrogens is 473 g/mol. The molecule has 1 fully saturated rings. The van der Waals surface area contributed by atoms with E-state index in [1.54, 1.807) is 13.1 Å². The van der Waals surface area contributed by atoms with Gasteiger partial charge in [-0.1, -0.05) is 0 Å². The predicted molar refractivity (Wildman–Crippen MR) is 114 cm³/mol. The van der Waals surface area contributed by atoms with Crippen molar-refractivity contribution in [2.45, 2.75) is 49.5 Å². The van der Waals surface area contributed by atoms with Gasteiger partial charge in [-0.05, 0) is 38.8 Å². The lowest BCUT2D eigenvalue weighted by Gasteiger charge is -2.35. The van der Waals surface area contributed by atoms with Crippen molar-refractivity contribution in [1.29, 1.82) is 0 Å². The Kier molecular flexibility index (Phi) is 9.09. The summed E-state index contributed by atoms with van der Waals surface area (Å²) in [6, 6.07) is 4.31. The molecule has 2 rings (SSSR count). The lowest BCUT2D eigenvalue weighted by Crippen LogP contribution is -2.49. The fraction of sp³-hybridized carbons (Fsp3) is 0.667. The van der Waals surface area contributed by atoms with E-state index in [2.05, 4.69) is 34.4 Å². The van der Waals surface area contributed by atoms with Crippen molar-refractivity contribution in [3.05, 3.63) is 17.0 Å². The highest BCUT2D eigenvalue weighted by Gasteiger charge is 2.21. The van der Waals surface area contributed by atoms with Crippen LogP contribution in [0, 0.1) is 0 Å². The average molecular weight is 501 g/mol. The molecule has 1 aliphatic rings. The van der Waals surface area contributed by atoms with E-state index >= 15 is 0 Å². The molecule has 25 heavy (non-hydrogen) atoms. The van der Waals surface area contributed by atoms with Gasteiger partial charge in [0.15, 0.2) is 5.96 Å². The molecule has 1 saturated heterocycles. The van der Waals surface area contributed by atoms with E-state index in [-0.39, 0.29) is 28.2 Å². The second-order valence-electron chi connectivity index (χ2n) is 6.24. The number of primary sulfonamides is 1. The molecule has 0 aliphatic carbocycles. The van der Waals surface area contributed by atoms with Gasteiger partial charge in [0.25, 0.3) is 0 Å². The molecule has 0 amide bonds. The third-order valence-electron chi connectivity index (χ3n) is 4.17. The van der Waals surface area contributed by atoms with Crippen molar-refractivity contribution < 1.29 is 8.42 Å². The number of rotatable bonds is 5. The lowest BCUT2D eigenvalue weighted by atomic mass is 10.0. The summed E-state index contributed by atoms with van der Waals surface area (Å²) in [6.07, 6.45) is 2.18. The first-order valence-electron chi connectivity index (χ1n) is 8.12. The van der Waals surface area contributed by atoms with Crippen LogP contribution in [-0.2, 0) is 16.6 Å². The normalized spacial score (nSPS) is 17.4. The van der Waals surface area contributed by atoms with Crippen molar-refractivity contribution in [3.63, 3.8) is 0 Å². The Morgan fingerprint density at radius 1 is 1.40 bits per heavy atom. The molecule has 0 saturated carbocycles. The number of thiophene rings is 1. The molecule has 2 heterocycles. The Morgan fingerprint density at radius 2 is 2.04 bits per heavy atom. The van der Waals surface area contributed by atoms with Crippen LogP contribution >= 0.6 is 35.3 Å². The third kappa shape index (κ3) is 7.00. The van der Waals surface area contributed by atoms with Crippen molar-refractivity contribution in [2.75, 3.05) is 20.1 Å². The zero-order valence-electron chi connectivity index (χ0n) is 14.9. The minimum Gasteiger partial charge on any atom is -0.354 e. The SMILES string of the molecule is CN=C(NCc1ccc(S(N)(=O)=O)s1)NC1CCN(C(C)C)CC1.I. The van der Waals surface area contributed by atoms with Gasteiger partial charge in [-0.15, -0.1) is 35.3 Å². The van der Waals surface area contributed by atoms with Crippen molar-refractivity contribution >= 4 is 51.3 Å². The standard InChI is InChI=1S/C15H27N5O2S2.HI/c1-11(2)20-8-6-12(7-9-20)19-15(17-3)18-10-13-4-5-14(23-13)24(16,21)22;/h4-5,11-12H,6-10H2,1-3H3,(H2,16,21,22)(H2,17,18,19);1H. The first-order chi connectivity index (χ1) is 11.3. The van der Waals surface area contributed by atoms with Gasteiger partial charge in [-0.25, -0.2) is 13.6 Å². The fourth-order valence-electron chi connectivity index (χ4n) is 2.73. The van der Waals surface area contributed by atoms with Gasteiger partial charge < -0.3 is 15.5 Å². The van der Waals surface area contributed by atoms with Gasteiger partial charge in [-0.3, -0.25) is 4.99 Å². The summed E-state index contributed by atoms with van der Waals surface area (Å²) in [5.74, 6) is 0.739. The van der Waals surface area contributed by atoms with Gasteiger partial charge >= 0.3 is 0 Å². The van der Waals surface area contributed by atoms with Crippen LogP contribution in [0.25, 0.3) is 0 Å². The number of piperidine rings is 1. The third-order valence-corrected chi connectivity index (χ3v) is 6.70. The van der Waals surface area contributed by atoms with Crippen LogP contribution < -0.4 is 15.8 Å². The van der Waals surface area contributed by atoms with Crippen LogP contribution in [0.2, 0.25) is 0 Å². The summed E-state index contributed by atoms with van der Waals surface area (Å²) in [7, 11) is -1.88. The fourth-order valence-corrected chi connectivity index (χ4v) is 4.44. The molecule has 0 unspecified atom stereocenters. The predicted octanol–water partition coefficient (Wildman–Crippen LogP) is 1.55. The number of nitrogens with two attached hydrogens (primary N) is 1. The maximum absolute atomic E-state index is 11.3. The Hall–Kier alpha value is -0.430. The molecule has 1 aliphatic heterocycles. The molecule has 0 bridgehead atoms. The van der Waals surface area contributed by atoms with E-state index in [1.165, 1.54) is 17.4 Å². The van der Waals surface area contributed by atoms with Crippen LogP contribution in [0.4, 0.5) is 0 Å². The largest absolute Gasteiger partial charge is 0.354 e. The van der Waals surface area contributed by atoms with Crippen LogP contribution in [0.1, 0.15) is 31.6 Å². The van der Waals surface area contributed by atoms with Gasteiger partial charge in [0.2, 0.25) is 10.0 Å². The molecule has 0 radical (unpaired) electrons. The van der Waals surface area contributed by atoms with Crippen LogP contribution in [0.5, 0.6) is 0 Å². The molecule has 1 aromatic rings. The average Bonchev–Trinajstić information content (AvgIpc) is 3.01. The summed E-state index contributed by atoms with van der Waals surface area (Å²) in [5.41, 5.74) is 0. The molecule has 0 spiro atoms. The zero-order valence-corrected chi connectivity index (χ0v) is 18.8. The number of halogens is 1. The Bertz CT molecular complexity index is 667. The number of hydrogen-bond acceptors (Lipinski definition) is 5. The van der Waals surface area contributed by atoms with E-state index in [4.69, 9.17) is 5.14 Å². The molecule has 4 N–H and O–H groups in total. The Balaban J connectivity index is 0.00000312. The van der Waals surface area contributed by atoms with E-state index in [1.807, 2.05) is 0 Å². The highest BCUT2D eigenvalue weighted by molar-refractivity contribution is 14.0. The first kappa shape index (κ1) is 22.6. The van der Waals surface area contributed by atoms with Crippen molar-refractivity contribution in [1.82, 2.24) is 15.5 Å². The number of sulfonamides is 1. The summed E-state index contributed by atoms with van der Waals surface area (Å²) in [4.78, 5) is 7.63. The van der Waals surface area contributed by atoms with E-state index in [9.17, 15) is 8.42 Å². The lowest BCUT2D eigenvalue weighted by molar-refractivity contribution is 0.167. The van der Waals surface area contributed by atoms with Crippen LogP contribution in [0.15, 0.2) is 21.3 Å². The summed E-state index contributed by atoms with van der Waals surface area (Å²) >= 11 is 1.18. The second kappa shape index (κ2) is 10.0. The highest BCUT2D eigenvalue weighted by Crippen LogP contribution is 2.20. The number of guanidine groups is 1. The quantitative estimate of drug-likeness (QED) is 0.323. The molecule has 10 heteroatoms. The smallest absolute Gasteiger partial charge is 0.247 e. The van der Waals surface area contributed by atoms with Crippen molar-refractivity contribution in [3.8, 4) is 0 Å². The van der Waals surface area contributed by atoms with E-state index < -0.39 is 10.0 Å². The minimum absolute atomic E-state index is 0. The van der Waals surface area contributed by atoms with Gasteiger partial charge in [0.05, 0.1) is 6.54 Å². The molecule has 1 aromatic heterocycles. The van der Waals surface area contributed by atoms with Crippen LogP contribution in [0.3, 0.4) is 0 Å². The molecule has 0 aromatic carbocycles. The number of aliphatic imine (C=N–C) groups is 1. The highest BCUT2D eigenvalue weighted by atomic mass is 127. The second-order valence-corrected chi connectivity index (χ2v) is 9.20. The van der Waals surface area contributed by atoms with Crippen molar-refractivity contribution in [2.24, 2.45) is 10.1 Å². The Morgan fingerprint density at radius 3 is 2.52 bits per heavy atom.